The number of benzene rings is 2. The lowest BCUT2D eigenvalue weighted by molar-refractivity contribution is -0.115. The van der Waals surface area contributed by atoms with E-state index in [2.05, 4.69) is 10.6 Å². The topological polar surface area (TPSA) is 67.4 Å². The van der Waals surface area contributed by atoms with Crippen molar-refractivity contribution in [2.24, 2.45) is 0 Å². The monoisotopic (exact) mass is 342 g/mol. The van der Waals surface area contributed by atoms with Crippen LogP contribution in [0.4, 0.5) is 11.4 Å². The number of para-hydroxylation sites is 2. The van der Waals surface area contributed by atoms with Crippen molar-refractivity contribution in [2.75, 3.05) is 23.0 Å². The van der Waals surface area contributed by atoms with Crippen LogP contribution in [0.5, 0.6) is 5.75 Å². The van der Waals surface area contributed by atoms with E-state index in [1.807, 2.05) is 31.2 Å². The Morgan fingerprint density at radius 3 is 2.96 bits per heavy atom. The van der Waals surface area contributed by atoms with E-state index in [1.54, 1.807) is 30.0 Å². The number of thioether (sulfide) groups is 1. The van der Waals surface area contributed by atoms with Crippen molar-refractivity contribution < 1.29 is 14.3 Å². The van der Waals surface area contributed by atoms with Gasteiger partial charge in [-0.3, -0.25) is 9.59 Å². The Bertz CT molecular complexity index is 777. The van der Waals surface area contributed by atoms with Gasteiger partial charge in [-0.25, -0.2) is 0 Å². The summed E-state index contributed by atoms with van der Waals surface area (Å²) in [5, 5.41) is 5.71. The van der Waals surface area contributed by atoms with Gasteiger partial charge in [0, 0.05) is 22.6 Å². The van der Waals surface area contributed by atoms with Gasteiger partial charge in [0.05, 0.1) is 18.0 Å². The normalized spacial score (nSPS) is 13.5. The van der Waals surface area contributed by atoms with Crippen LogP contribution in [0.1, 0.15) is 23.7 Å². The molecule has 2 N–H and O–H groups in total. The number of hydrogen-bond acceptors (Lipinski definition) is 4. The second kappa shape index (κ2) is 7.40. The van der Waals surface area contributed by atoms with Gasteiger partial charge in [-0.05, 0) is 37.3 Å². The average Bonchev–Trinajstić information content (AvgIpc) is 2.76. The van der Waals surface area contributed by atoms with Crippen LogP contribution >= 0.6 is 11.8 Å². The van der Waals surface area contributed by atoms with Gasteiger partial charge in [0.15, 0.2) is 0 Å². The second-order valence-corrected chi connectivity index (χ2v) is 6.38. The molecule has 0 atom stereocenters. The van der Waals surface area contributed by atoms with Crippen molar-refractivity contribution in [1.82, 2.24) is 0 Å². The second-order valence-electron chi connectivity index (χ2n) is 5.24. The predicted molar refractivity (Wildman–Crippen MR) is 96.0 cm³/mol. The molecule has 0 aromatic heterocycles. The van der Waals surface area contributed by atoms with E-state index in [1.165, 1.54) is 0 Å². The molecule has 6 heteroatoms. The number of ether oxygens (including phenoxy) is 1. The summed E-state index contributed by atoms with van der Waals surface area (Å²) in [4.78, 5) is 25.2. The molecule has 124 valence electrons. The van der Waals surface area contributed by atoms with Gasteiger partial charge < -0.3 is 15.4 Å². The van der Waals surface area contributed by atoms with Crippen LogP contribution in [0, 0.1) is 0 Å². The third-order valence-electron chi connectivity index (χ3n) is 3.54. The molecule has 3 rings (SSSR count). The number of rotatable bonds is 4. The minimum absolute atomic E-state index is 0.0273. The Hall–Kier alpha value is -2.47. The van der Waals surface area contributed by atoms with Crippen LogP contribution in [-0.2, 0) is 4.79 Å². The molecule has 0 saturated carbocycles. The lowest BCUT2D eigenvalue weighted by Crippen LogP contribution is -2.14. The number of fused-ring (bicyclic) bond motifs is 1. The van der Waals surface area contributed by atoms with Gasteiger partial charge in [-0.1, -0.05) is 12.1 Å². The molecule has 1 heterocycles. The highest BCUT2D eigenvalue weighted by Gasteiger charge is 2.16. The molecular weight excluding hydrogens is 324 g/mol. The zero-order chi connectivity index (χ0) is 16.9. The Labute approximate surface area is 144 Å². The summed E-state index contributed by atoms with van der Waals surface area (Å²) in [7, 11) is 0. The number of nitrogens with one attached hydrogen (secondary N) is 2. The summed E-state index contributed by atoms with van der Waals surface area (Å²) < 4.78 is 5.52. The largest absolute Gasteiger partial charge is 0.492 e. The molecule has 2 aromatic rings. The van der Waals surface area contributed by atoms with Crippen LogP contribution in [0.15, 0.2) is 47.4 Å². The highest BCUT2D eigenvalue weighted by atomic mass is 32.2. The Morgan fingerprint density at radius 1 is 1.29 bits per heavy atom. The fourth-order valence-corrected chi connectivity index (χ4v) is 3.34. The highest BCUT2D eigenvalue weighted by Crippen LogP contribution is 2.32. The van der Waals surface area contributed by atoms with E-state index in [-0.39, 0.29) is 11.8 Å². The van der Waals surface area contributed by atoms with E-state index >= 15 is 0 Å². The molecular formula is C18H18N2O3S. The first-order chi connectivity index (χ1) is 11.7. The van der Waals surface area contributed by atoms with Crippen LogP contribution in [0.2, 0.25) is 0 Å². The SMILES string of the molecule is CCOc1ccccc1NC(=O)c1ccc2c(c1)NC(=O)CCS2. The van der Waals surface area contributed by atoms with Gasteiger partial charge in [0.25, 0.3) is 5.91 Å². The van der Waals surface area contributed by atoms with Crippen molar-refractivity contribution in [3.63, 3.8) is 0 Å². The summed E-state index contributed by atoms with van der Waals surface area (Å²) in [6.07, 6.45) is 0.475. The lowest BCUT2D eigenvalue weighted by Gasteiger charge is -2.12. The summed E-state index contributed by atoms with van der Waals surface area (Å²) >= 11 is 1.61. The summed E-state index contributed by atoms with van der Waals surface area (Å²) in [5.74, 6) is 1.10. The van der Waals surface area contributed by atoms with Gasteiger partial charge >= 0.3 is 0 Å². The van der Waals surface area contributed by atoms with E-state index in [0.717, 1.165) is 10.6 Å². The van der Waals surface area contributed by atoms with Crippen LogP contribution in [0.3, 0.4) is 0 Å². The maximum atomic E-state index is 12.5. The van der Waals surface area contributed by atoms with E-state index in [0.29, 0.717) is 35.7 Å². The molecule has 0 radical (unpaired) electrons. The number of carbonyl (C=O) groups excluding carboxylic acids is 2. The molecule has 1 aliphatic heterocycles. The van der Waals surface area contributed by atoms with Crippen molar-refractivity contribution in [3.05, 3.63) is 48.0 Å². The van der Waals surface area contributed by atoms with Crippen LogP contribution in [-0.4, -0.2) is 24.2 Å². The predicted octanol–water partition coefficient (Wildman–Crippen LogP) is 3.77. The first kappa shape index (κ1) is 16.4. The zero-order valence-corrected chi connectivity index (χ0v) is 14.1. The van der Waals surface area contributed by atoms with Crippen LogP contribution < -0.4 is 15.4 Å². The highest BCUT2D eigenvalue weighted by molar-refractivity contribution is 7.99. The number of amides is 2. The third-order valence-corrected chi connectivity index (χ3v) is 4.61. The van der Waals surface area contributed by atoms with Gasteiger partial charge in [0.2, 0.25) is 5.91 Å². The molecule has 1 aliphatic rings. The molecule has 0 bridgehead atoms. The first-order valence-electron chi connectivity index (χ1n) is 7.77. The summed E-state index contributed by atoms with van der Waals surface area (Å²) in [5.41, 5.74) is 1.80. The summed E-state index contributed by atoms with van der Waals surface area (Å²) in [6, 6.07) is 12.7. The molecule has 0 spiro atoms. The van der Waals surface area contributed by atoms with Crippen molar-refractivity contribution >= 4 is 35.0 Å². The zero-order valence-electron chi connectivity index (χ0n) is 13.3. The van der Waals surface area contributed by atoms with Crippen molar-refractivity contribution in [2.45, 2.75) is 18.2 Å². The average molecular weight is 342 g/mol. The molecule has 2 aromatic carbocycles. The first-order valence-corrected chi connectivity index (χ1v) is 8.76. The molecule has 5 nitrogen and oxygen atoms in total. The van der Waals surface area contributed by atoms with Crippen molar-refractivity contribution in [1.29, 1.82) is 0 Å². The fourth-order valence-electron chi connectivity index (χ4n) is 2.41. The maximum Gasteiger partial charge on any atom is 0.255 e. The fraction of sp³-hybridized carbons (Fsp3) is 0.222. The Morgan fingerprint density at radius 2 is 2.12 bits per heavy atom. The number of carbonyl (C=O) groups is 2. The van der Waals surface area contributed by atoms with Gasteiger partial charge in [-0.2, -0.15) is 0 Å². The molecule has 0 aliphatic carbocycles. The van der Waals surface area contributed by atoms with Crippen LogP contribution in [0.25, 0.3) is 0 Å². The number of anilines is 2. The molecule has 0 unspecified atom stereocenters. The molecule has 0 fully saturated rings. The number of hydrogen-bond donors (Lipinski definition) is 2. The Balaban J connectivity index is 1.82. The molecule has 0 saturated heterocycles. The van der Waals surface area contributed by atoms with Gasteiger partial charge in [0.1, 0.15) is 5.75 Å². The molecule has 2 amide bonds. The van der Waals surface area contributed by atoms with E-state index in [9.17, 15) is 9.59 Å². The minimum atomic E-state index is -0.242. The smallest absolute Gasteiger partial charge is 0.255 e. The van der Waals surface area contributed by atoms with E-state index < -0.39 is 0 Å². The van der Waals surface area contributed by atoms with Crippen molar-refractivity contribution in [3.8, 4) is 5.75 Å². The van der Waals surface area contributed by atoms with E-state index in [4.69, 9.17) is 4.74 Å². The minimum Gasteiger partial charge on any atom is -0.492 e. The Kier molecular flexibility index (Phi) is 5.05. The standard InChI is InChI=1S/C18H18N2O3S/c1-2-23-15-6-4-3-5-13(15)20-18(22)12-7-8-16-14(11-12)19-17(21)9-10-24-16/h3-8,11H,2,9-10H2,1H3,(H,19,21)(H,20,22). The van der Waals surface area contributed by atoms with Gasteiger partial charge in [-0.15, -0.1) is 11.8 Å². The third kappa shape index (κ3) is 3.71. The summed E-state index contributed by atoms with van der Waals surface area (Å²) in [6.45, 7) is 2.42. The quantitative estimate of drug-likeness (QED) is 0.887. The molecule has 24 heavy (non-hydrogen) atoms. The maximum absolute atomic E-state index is 12.5. The lowest BCUT2D eigenvalue weighted by atomic mass is 10.1.